The lowest BCUT2D eigenvalue weighted by Crippen LogP contribution is -2.22. The molecule has 0 fully saturated rings. The summed E-state index contributed by atoms with van der Waals surface area (Å²) in [5, 5.41) is 4.33. The number of aryl methyl sites for hydroxylation is 1. The summed E-state index contributed by atoms with van der Waals surface area (Å²) in [5.74, 6) is -1.74. The molecule has 1 aliphatic rings. The average Bonchev–Trinajstić information content (AvgIpc) is 3.21. The SMILES string of the molecule is CC1=NC(c2cccc(-c3cccc(F)c3F)c2)(c2cnn(C)c2C)N=C1. The fraction of sp³-hybridized carbons (Fsp3) is 0.190. The van der Waals surface area contributed by atoms with Gasteiger partial charge in [0.2, 0.25) is 5.66 Å². The van der Waals surface area contributed by atoms with E-state index in [9.17, 15) is 8.78 Å². The Morgan fingerprint density at radius 1 is 1.04 bits per heavy atom. The topological polar surface area (TPSA) is 42.5 Å². The second-order valence-electron chi connectivity index (χ2n) is 6.63. The van der Waals surface area contributed by atoms with E-state index in [-0.39, 0.29) is 5.56 Å². The molecule has 0 amide bonds. The van der Waals surface area contributed by atoms with Gasteiger partial charge in [0.25, 0.3) is 0 Å². The number of halogens is 2. The first kappa shape index (κ1) is 17.3. The third kappa shape index (κ3) is 2.68. The molecular formula is C21H18F2N4. The minimum absolute atomic E-state index is 0.206. The number of benzene rings is 2. The number of rotatable bonds is 3. The van der Waals surface area contributed by atoms with Crippen LogP contribution in [0.1, 0.15) is 23.7 Å². The second-order valence-corrected chi connectivity index (χ2v) is 6.63. The fourth-order valence-electron chi connectivity index (χ4n) is 3.40. The Morgan fingerprint density at radius 3 is 2.48 bits per heavy atom. The highest BCUT2D eigenvalue weighted by molar-refractivity contribution is 6.31. The molecule has 0 aliphatic carbocycles. The molecule has 0 bridgehead atoms. The van der Waals surface area contributed by atoms with Gasteiger partial charge < -0.3 is 0 Å². The summed E-state index contributed by atoms with van der Waals surface area (Å²) < 4.78 is 29.8. The number of aromatic nitrogens is 2. The first-order valence-electron chi connectivity index (χ1n) is 8.58. The van der Waals surface area contributed by atoms with E-state index in [0.29, 0.717) is 5.56 Å². The van der Waals surface area contributed by atoms with Crippen molar-refractivity contribution in [1.82, 2.24) is 9.78 Å². The molecule has 1 aliphatic heterocycles. The van der Waals surface area contributed by atoms with Gasteiger partial charge in [-0.1, -0.05) is 30.3 Å². The van der Waals surface area contributed by atoms with Gasteiger partial charge in [0, 0.05) is 35.6 Å². The average molecular weight is 364 g/mol. The lowest BCUT2D eigenvalue weighted by atomic mass is 9.90. The van der Waals surface area contributed by atoms with Crippen molar-refractivity contribution >= 4 is 11.9 Å². The van der Waals surface area contributed by atoms with Crippen LogP contribution < -0.4 is 0 Å². The zero-order valence-electron chi connectivity index (χ0n) is 15.2. The largest absolute Gasteiger partial charge is 0.272 e. The van der Waals surface area contributed by atoms with Crippen molar-refractivity contribution in [3.05, 3.63) is 77.1 Å². The molecule has 2 heterocycles. The number of nitrogens with zero attached hydrogens (tertiary/aromatic N) is 4. The normalized spacial score (nSPS) is 18.8. The molecule has 27 heavy (non-hydrogen) atoms. The monoisotopic (exact) mass is 364 g/mol. The second kappa shape index (κ2) is 6.23. The van der Waals surface area contributed by atoms with Crippen LogP contribution in [0, 0.1) is 18.6 Å². The highest BCUT2D eigenvalue weighted by Crippen LogP contribution is 2.40. The van der Waals surface area contributed by atoms with Crippen LogP contribution in [0.15, 0.2) is 58.6 Å². The van der Waals surface area contributed by atoms with E-state index in [1.807, 2.05) is 33.0 Å². The summed E-state index contributed by atoms with van der Waals surface area (Å²) in [6.45, 7) is 3.84. The van der Waals surface area contributed by atoms with Gasteiger partial charge in [-0.2, -0.15) is 5.10 Å². The van der Waals surface area contributed by atoms with Crippen LogP contribution in [0.5, 0.6) is 0 Å². The Morgan fingerprint density at radius 2 is 1.81 bits per heavy atom. The highest BCUT2D eigenvalue weighted by atomic mass is 19.2. The Bertz CT molecular complexity index is 1100. The molecule has 1 aromatic heterocycles. The Hall–Kier alpha value is -3.15. The predicted molar refractivity (Wildman–Crippen MR) is 102 cm³/mol. The number of aliphatic imine (C=N–C) groups is 2. The van der Waals surface area contributed by atoms with Crippen molar-refractivity contribution in [2.75, 3.05) is 0 Å². The van der Waals surface area contributed by atoms with Gasteiger partial charge in [0.1, 0.15) is 0 Å². The summed E-state index contributed by atoms with van der Waals surface area (Å²) >= 11 is 0. The molecule has 0 spiro atoms. The highest BCUT2D eigenvalue weighted by Gasteiger charge is 2.38. The van der Waals surface area contributed by atoms with Gasteiger partial charge in [0.05, 0.1) is 11.9 Å². The van der Waals surface area contributed by atoms with Gasteiger partial charge in [-0.25, -0.2) is 13.8 Å². The first-order chi connectivity index (χ1) is 12.9. The van der Waals surface area contributed by atoms with Crippen molar-refractivity contribution in [3.63, 3.8) is 0 Å². The standard InChI is InChI=1S/C21H18F2N4/c1-13-11-24-21(26-13,18-12-25-27(3)14(18)2)16-7-4-6-15(10-16)17-8-5-9-19(22)20(17)23/h4-12H,1-3H3. The van der Waals surface area contributed by atoms with Crippen LogP contribution in [-0.2, 0) is 12.7 Å². The van der Waals surface area contributed by atoms with E-state index in [0.717, 1.165) is 28.6 Å². The minimum atomic E-state index is -0.970. The predicted octanol–water partition coefficient (Wildman–Crippen LogP) is 4.42. The summed E-state index contributed by atoms with van der Waals surface area (Å²) in [6.07, 6.45) is 3.48. The van der Waals surface area contributed by atoms with E-state index in [1.165, 1.54) is 6.07 Å². The lowest BCUT2D eigenvalue weighted by Gasteiger charge is -2.24. The van der Waals surface area contributed by atoms with Crippen LogP contribution in [0.3, 0.4) is 0 Å². The maximum absolute atomic E-state index is 14.3. The van der Waals surface area contributed by atoms with Crippen LogP contribution in [0.2, 0.25) is 0 Å². The van der Waals surface area contributed by atoms with Gasteiger partial charge in [-0.15, -0.1) is 0 Å². The molecule has 3 aromatic rings. The zero-order chi connectivity index (χ0) is 19.2. The molecular weight excluding hydrogens is 346 g/mol. The molecule has 6 heteroatoms. The van der Waals surface area contributed by atoms with E-state index in [1.54, 1.807) is 35.3 Å². The van der Waals surface area contributed by atoms with Gasteiger partial charge in [-0.3, -0.25) is 9.67 Å². The Balaban J connectivity index is 1.92. The molecule has 4 nitrogen and oxygen atoms in total. The van der Waals surface area contributed by atoms with Crippen molar-refractivity contribution in [3.8, 4) is 11.1 Å². The van der Waals surface area contributed by atoms with Crippen LogP contribution >= 0.6 is 0 Å². The van der Waals surface area contributed by atoms with E-state index in [4.69, 9.17) is 4.99 Å². The molecule has 136 valence electrons. The summed E-state index contributed by atoms with van der Waals surface area (Å²) in [5.41, 5.74) is 3.16. The lowest BCUT2D eigenvalue weighted by molar-refractivity contribution is 0.511. The van der Waals surface area contributed by atoms with Crippen LogP contribution in [0.25, 0.3) is 11.1 Å². The molecule has 1 atom stereocenters. The van der Waals surface area contributed by atoms with E-state index < -0.39 is 17.3 Å². The first-order valence-corrected chi connectivity index (χ1v) is 8.58. The van der Waals surface area contributed by atoms with Gasteiger partial charge in [-0.05, 0) is 31.5 Å². The van der Waals surface area contributed by atoms with Gasteiger partial charge >= 0.3 is 0 Å². The third-order valence-corrected chi connectivity index (χ3v) is 4.91. The van der Waals surface area contributed by atoms with Crippen LogP contribution in [0.4, 0.5) is 8.78 Å². The zero-order valence-corrected chi connectivity index (χ0v) is 15.2. The maximum atomic E-state index is 14.3. The Labute approximate surface area is 155 Å². The van der Waals surface area contributed by atoms with Crippen LogP contribution in [-0.4, -0.2) is 21.7 Å². The molecule has 2 aromatic carbocycles. The van der Waals surface area contributed by atoms with Crippen molar-refractivity contribution in [2.24, 2.45) is 17.0 Å². The van der Waals surface area contributed by atoms with Crippen molar-refractivity contribution < 1.29 is 8.78 Å². The third-order valence-electron chi connectivity index (χ3n) is 4.91. The molecule has 0 N–H and O–H groups in total. The minimum Gasteiger partial charge on any atom is -0.272 e. The van der Waals surface area contributed by atoms with Gasteiger partial charge in [0.15, 0.2) is 11.6 Å². The fourth-order valence-corrected chi connectivity index (χ4v) is 3.40. The van der Waals surface area contributed by atoms with E-state index >= 15 is 0 Å². The quantitative estimate of drug-likeness (QED) is 0.678. The number of hydrogen-bond acceptors (Lipinski definition) is 3. The molecule has 4 rings (SSSR count). The molecule has 0 radical (unpaired) electrons. The molecule has 0 saturated heterocycles. The summed E-state index contributed by atoms with van der Waals surface area (Å²) in [4.78, 5) is 9.47. The molecule has 1 unspecified atom stereocenters. The van der Waals surface area contributed by atoms with Crippen molar-refractivity contribution in [2.45, 2.75) is 19.5 Å². The van der Waals surface area contributed by atoms with Crippen molar-refractivity contribution in [1.29, 1.82) is 0 Å². The maximum Gasteiger partial charge on any atom is 0.204 e. The Kier molecular flexibility index (Phi) is 3.98. The smallest absolute Gasteiger partial charge is 0.204 e. The molecule has 0 saturated carbocycles. The number of hydrogen-bond donors (Lipinski definition) is 0. The van der Waals surface area contributed by atoms with E-state index in [2.05, 4.69) is 10.1 Å². The summed E-state index contributed by atoms with van der Waals surface area (Å²) in [6, 6.07) is 11.4. The summed E-state index contributed by atoms with van der Waals surface area (Å²) in [7, 11) is 1.86.